The highest BCUT2D eigenvalue weighted by Crippen LogP contribution is 2.39. The van der Waals surface area contributed by atoms with Crippen LogP contribution in [0.3, 0.4) is 0 Å². The number of nitrogens with one attached hydrogen (secondary N) is 1. The first kappa shape index (κ1) is 22.2. The molecule has 1 saturated carbocycles. The third-order valence-corrected chi connectivity index (χ3v) is 5.05. The molecule has 6 heteroatoms. The Labute approximate surface area is 182 Å². The van der Waals surface area contributed by atoms with Crippen LogP contribution in [-0.4, -0.2) is 17.4 Å². The molecule has 160 valence electrons. The fourth-order valence-electron chi connectivity index (χ4n) is 3.30. The van der Waals surface area contributed by atoms with Crippen molar-refractivity contribution in [3.63, 3.8) is 0 Å². The maximum Gasteiger partial charge on any atom is 0.213 e. The molecular weight excluding hydrogens is 391 g/mol. The van der Waals surface area contributed by atoms with Crippen LogP contribution >= 0.6 is 0 Å². The third kappa shape index (κ3) is 6.74. The number of aromatic nitrogens is 1. The Morgan fingerprint density at radius 1 is 1.16 bits per heavy atom. The zero-order valence-corrected chi connectivity index (χ0v) is 17.5. The monoisotopic (exact) mass is 418 g/mol. The van der Waals surface area contributed by atoms with E-state index in [-0.39, 0.29) is 17.8 Å². The Hall–Kier alpha value is -3.54. The molecule has 3 aromatic rings. The number of carbonyl (C=O) groups excluding carboxylic acids is 1. The lowest BCUT2D eigenvalue weighted by Gasteiger charge is -2.13. The number of halogens is 1. The standard InChI is InChI=1S/C16H17FN4O.C9H10/c1-2-15(21-16(18)20-10-22)12-5-3-4-11(6-12)13-7-14(17)9-19-8-13;1-2-4-8(5-3-1)9-6-7-9/h3-10,15H,2H2,1H3,(H3,18,20,21,22);1-5,9H,6-7H2. The minimum atomic E-state index is -0.382. The number of aliphatic imine (C=N–C) groups is 1. The summed E-state index contributed by atoms with van der Waals surface area (Å²) in [4.78, 5) is 18.5. The zero-order chi connectivity index (χ0) is 22.1. The molecule has 0 bridgehead atoms. The highest BCUT2D eigenvalue weighted by molar-refractivity contribution is 5.87. The average molecular weight is 419 g/mol. The second kappa shape index (κ2) is 11.0. The van der Waals surface area contributed by atoms with Crippen molar-refractivity contribution in [3.8, 4) is 11.1 Å². The second-order valence-corrected chi connectivity index (χ2v) is 7.40. The molecule has 0 radical (unpaired) electrons. The molecule has 1 atom stereocenters. The third-order valence-electron chi connectivity index (χ3n) is 5.05. The molecule has 1 unspecified atom stereocenters. The molecule has 1 aliphatic rings. The van der Waals surface area contributed by atoms with Gasteiger partial charge in [-0.15, -0.1) is 0 Å². The first-order valence-electron chi connectivity index (χ1n) is 10.4. The van der Waals surface area contributed by atoms with Gasteiger partial charge in [0, 0.05) is 11.8 Å². The van der Waals surface area contributed by atoms with Gasteiger partial charge in [-0.3, -0.25) is 15.1 Å². The SMILES string of the molecule is CCC(N=C(N)NC=O)c1cccc(-c2cncc(F)c2)c1.c1ccc(C2CC2)cc1. The predicted molar refractivity (Wildman–Crippen MR) is 122 cm³/mol. The molecule has 1 amide bonds. The van der Waals surface area contributed by atoms with Crippen LogP contribution in [0.2, 0.25) is 0 Å². The van der Waals surface area contributed by atoms with Gasteiger partial charge in [-0.2, -0.15) is 0 Å². The van der Waals surface area contributed by atoms with E-state index in [1.807, 2.05) is 31.2 Å². The summed E-state index contributed by atoms with van der Waals surface area (Å²) in [5.41, 5.74) is 9.61. The van der Waals surface area contributed by atoms with Crippen LogP contribution in [0.15, 0.2) is 78.0 Å². The Bertz CT molecular complexity index is 1020. The molecule has 0 aliphatic heterocycles. The van der Waals surface area contributed by atoms with Gasteiger partial charge in [0.25, 0.3) is 0 Å². The highest BCUT2D eigenvalue weighted by Gasteiger charge is 2.22. The van der Waals surface area contributed by atoms with Gasteiger partial charge in [0.15, 0.2) is 5.96 Å². The molecule has 2 aromatic carbocycles. The zero-order valence-electron chi connectivity index (χ0n) is 17.5. The van der Waals surface area contributed by atoms with Crippen molar-refractivity contribution in [3.05, 3.63) is 90.0 Å². The Balaban J connectivity index is 0.000000248. The van der Waals surface area contributed by atoms with E-state index in [1.54, 1.807) is 6.20 Å². The number of hydrogen-bond acceptors (Lipinski definition) is 3. The largest absolute Gasteiger partial charge is 0.370 e. The first-order chi connectivity index (χ1) is 15.1. The van der Waals surface area contributed by atoms with Crippen molar-refractivity contribution in [1.82, 2.24) is 10.3 Å². The van der Waals surface area contributed by atoms with Gasteiger partial charge in [0.05, 0.1) is 12.2 Å². The van der Waals surface area contributed by atoms with Crippen molar-refractivity contribution < 1.29 is 9.18 Å². The lowest BCUT2D eigenvalue weighted by molar-refractivity contribution is -0.108. The fourth-order valence-corrected chi connectivity index (χ4v) is 3.30. The minimum absolute atomic E-state index is 0.0691. The van der Waals surface area contributed by atoms with Crippen molar-refractivity contribution in [2.45, 2.75) is 38.1 Å². The second-order valence-electron chi connectivity index (χ2n) is 7.40. The van der Waals surface area contributed by atoms with E-state index in [0.29, 0.717) is 18.4 Å². The van der Waals surface area contributed by atoms with Gasteiger partial charge >= 0.3 is 0 Å². The van der Waals surface area contributed by atoms with E-state index in [2.05, 4.69) is 45.6 Å². The number of amides is 1. The van der Waals surface area contributed by atoms with E-state index in [1.165, 1.54) is 24.5 Å². The topological polar surface area (TPSA) is 80.4 Å². The van der Waals surface area contributed by atoms with Crippen LogP contribution in [0, 0.1) is 5.82 Å². The van der Waals surface area contributed by atoms with Crippen LogP contribution in [-0.2, 0) is 4.79 Å². The van der Waals surface area contributed by atoms with Crippen molar-refractivity contribution >= 4 is 12.4 Å². The number of nitrogens with zero attached hydrogens (tertiary/aromatic N) is 2. The summed E-state index contributed by atoms with van der Waals surface area (Å²) in [6.45, 7) is 1.97. The van der Waals surface area contributed by atoms with Gasteiger partial charge in [-0.1, -0.05) is 55.5 Å². The summed E-state index contributed by atoms with van der Waals surface area (Å²) in [5, 5.41) is 2.32. The van der Waals surface area contributed by atoms with Crippen molar-refractivity contribution in [1.29, 1.82) is 0 Å². The molecule has 1 heterocycles. The maximum absolute atomic E-state index is 13.3. The molecule has 3 N–H and O–H groups in total. The summed E-state index contributed by atoms with van der Waals surface area (Å²) in [7, 11) is 0. The Kier molecular flexibility index (Phi) is 7.87. The number of pyridine rings is 1. The molecule has 5 nitrogen and oxygen atoms in total. The predicted octanol–water partition coefficient (Wildman–Crippen LogP) is 4.96. The Morgan fingerprint density at radius 2 is 1.94 bits per heavy atom. The van der Waals surface area contributed by atoms with Crippen LogP contribution in [0.5, 0.6) is 0 Å². The van der Waals surface area contributed by atoms with Crippen LogP contribution < -0.4 is 11.1 Å². The smallest absolute Gasteiger partial charge is 0.213 e. The van der Waals surface area contributed by atoms with Gasteiger partial charge in [-0.25, -0.2) is 9.38 Å². The average Bonchev–Trinajstić information content (AvgIpc) is 3.64. The van der Waals surface area contributed by atoms with Gasteiger partial charge in [0.1, 0.15) is 5.82 Å². The van der Waals surface area contributed by atoms with Gasteiger partial charge in [0.2, 0.25) is 6.41 Å². The number of benzene rings is 2. The van der Waals surface area contributed by atoms with E-state index in [9.17, 15) is 9.18 Å². The van der Waals surface area contributed by atoms with Crippen molar-refractivity contribution in [2.24, 2.45) is 10.7 Å². The van der Waals surface area contributed by atoms with Crippen LogP contribution in [0.4, 0.5) is 4.39 Å². The maximum atomic E-state index is 13.3. The van der Waals surface area contributed by atoms with E-state index in [4.69, 9.17) is 5.73 Å². The van der Waals surface area contributed by atoms with Gasteiger partial charge < -0.3 is 5.73 Å². The molecule has 0 saturated heterocycles. The summed E-state index contributed by atoms with van der Waals surface area (Å²) in [5.74, 6) is 0.596. The summed E-state index contributed by atoms with van der Waals surface area (Å²) in [6, 6.07) is 19.6. The van der Waals surface area contributed by atoms with E-state index >= 15 is 0 Å². The summed E-state index contributed by atoms with van der Waals surface area (Å²) in [6.07, 6.45) is 6.79. The first-order valence-corrected chi connectivity index (χ1v) is 10.4. The molecule has 31 heavy (non-hydrogen) atoms. The molecule has 1 fully saturated rings. The minimum Gasteiger partial charge on any atom is -0.370 e. The molecule has 1 aliphatic carbocycles. The van der Waals surface area contributed by atoms with Crippen LogP contribution in [0.25, 0.3) is 11.1 Å². The summed E-state index contributed by atoms with van der Waals surface area (Å²) >= 11 is 0. The normalized spacial score (nSPS) is 14.2. The molecule has 0 spiro atoms. The molecular formula is C25H27FN4O. The molecule has 1 aromatic heterocycles. The van der Waals surface area contributed by atoms with Crippen LogP contribution in [0.1, 0.15) is 49.3 Å². The van der Waals surface area contributed by atoms with E-state index < -0.39 is 0 Å². The fraction of sp³-hybridized carbons (Fsp3) is 0.240. The number of hydrogen-bond donors (Lipinski definition) is 2. The lowest BCUT2D eigenvalue weighted by atomic mass is 9.99. The lowest BCUT2D eigenvalue weighted by Crippen LogP contribution is -2.30. The quantitative estimate of drug-likeness (QED) is 0.337. The van der Waals surface area contributed by atoms with Gasteiger partial charge in [-0.05, 0) is 54.0 Å². The molecule has 4 rings (SSSR count). The number of guanidine groups is 1. The number of rotatable bonds is 6. The summed E-state index contributed by atoms with van der Waals surface area (Å²) < 4.78 is 13.3. The Morgan fingerprint density at radius 3 is 2.58 bits per heavy atom. The highest BCUT2D eigenvalue weighted by atomic mass is 19.1. The van der Waals surface area contributed by atoms with Crippen molar-refractivity contribution in [2.75, 3.05) is 0 Å². The number of carbonyl (C=O) groups is 1. The van der Waals surface area contributed by atoms with E-state index in [0.717, 1.165) is 23.2 Å². The number of nitrogens with two attached hydrogens (primary N) is 1.